The van der Waals surface area contributed by atoms with E-state index in [-0.39, 0.29) is 29.2 Å². The summed E-state index contributed by atoms with van der Waals surface area (Å²) in [6.45, 7) is 1.75. The lowest BCUT2D eigenvalue weighted by Crippen LogP contribution is -2.31. The maximum atomic E-state index is 13.3. The second-order valence-corrected chi connectivity index (χ2v) is 8.72. The number of benzene rings is 3. The van der Waals surface area contributed by atoms with E-state index in [2.05, 4.69) is 4.72 Å². The van der Waals surface area contributed by atoms with Crippen molar-refractivity contribution >= 4 is 44.1 Å². The van der Waals surface area contributed by atoms with E-state index < -0.39 is 27.0 Å². The lowest BCUT2D eigenvalue weighted by Gasteiger charge is -2.19. The number of nitrogens with one attached hydrogen (secondary N) is 1. The summed E-state index contributed by atoms with van der Waals surface area (Å²) in [7, 11) is -4.13. The summed E-state index contributed by atoms with van der Waals surface area (Å²) in [5, 5.41) is 12.5. The Labute approximate surface area is 184 Å². The number of rotatable bonds is 8. The maximum absolute atomic E-state index is 13.3. The molecular weight excluding hydrogens is 444 g/mol. The minimum atomic E-state index is -4.13. The van der Waals surface area contributed by atoms with Crippen LogP contribution in [0.5, 0.6) is 0 Å². The second kappa shape index (κ2) is 9.42. The SMILES string of the molecule is CCOC(=O)CC(NS(=O)(=O)c1ccc(Cl)c2ccccc12)c1cccc([N+](=O)[O-])c1. The topological polar surface area (TPSA) is 116 Å². The molecule has 0 heterocycles. The number of esters is 1. The maximum Gasteiger partial charge on any atom is 0.307 e. The van der Waals surface area contributed by atoms with Crippen molar-refractivity contribution in [3.8, 4) is 0 Å². The molecule has 10 heteroatoms. The van der Waals surface area contributed by atoms with Gasteiger partial charge in [0.25, 0.3) is 5.69 Å². The van der Waals surface area contributed by atoms with Crippen LogP contribution in [0.3, 0.4) is 0 Å². The minimum absolute atomic E-state index is 0.0215. The van der Waals surface area contributed by atoms with E-state index in [0.29, 0.717) is 15.8 Å². The molecule has 0 bridgehead atoms. The van der Waals surface area contributed by atoms with Gasteiger partial charge in [0.1, 0.15) is 0 Å². The molecule has 31 heavy (non-hydrogen) atoms. The molecule has 0 spiro atoms. The fourth-order valence-corrected chi connectivity index (χ4v) is 4.85. The normalized spacial score (nSPS) is 12.5. The average molecular weight is 463 g/mol. The zero-order valence-corrected chi connectivity index (χ0v) is 18.0. The van der Waals surface area contributed by atoms with Crippen LogP contribution in [0.15, 0.2) is 65.6 Å². The van der Waals surface area contributed by atoms with Crippen LogP contribution in [0.25, 0.3) is 10.8 Å². The van der Waals surface area contributed by atoms with Crippen molar-refractivity contribution in [1.82, 2.24) is 4.72 Å². The van der Waals surface area contributed by atoms with Gasteiger partial charge in [-0.1, -0.05) is 48.0 Å². The minimum Gasteiger partial charge on any atom is -0.466 e. The van der Waals surface area contributed by atoms with Crippen LogP contribution in [-0.2, 0) is 19.6 Å². The number of carbonyl (C=O) groups excluding carboxylic acids is 1. The van der Waals surface area contributed by atoms with E-state index in [1.165, 1.54) is 36.4 Å². The summed E-state index contributed by atoms with van der Waals surface area (Å²) in [6.07, 6.45) is -0.334. The summed E-state index contributed by atoms with van der Waals surface area (Å²) in [6, 6.07) is 14.0. The molecule has 0 fully saturated rings. The van der Waals surface area contributed by atoms with Crippen LogP contribution in [0.4, 0.5) is 5.69 Å². The van der Waals surface area contributed by atoms with Crippen molar-refractivity contribution < 1.29 is 22.9 Å². The van der Waals surface area contributed by atoms with Gasteiger partial charge in [-0.15, -0.1) is 0 Å². The first-order valence-electron chi connectivity index (χ1n) is 9.32. The number of ether oxygens (including phenoxy) is 1. The van der Waals surface area contributed by atoms with E-state index in [9.17, 15) is 23.3 Å². The molecule has 0 saturated carbocycles. The number of nitrogens with zero attached hydrogens (tertiary/aromatic N) is 1. The fourth-order valence-electron chi connectivity index (χ4n) is 3.19. The van der Waals surface area contributed by atoms with Gasteiger partial charge in [-0.3, -0.25) is 14.9 Å². The number of nitro benzene ring substituents is 1. The number of sulfonamides is 1. The molecule has 0 aliphatic carbocycles. The Morgan fingerprint density at radius 1 is 1.13 bits per heavy atom. The van der Waals surface area contributed by atoms with E-state index in [4.69, 9.17) is 16.3 Å². The Hall–Kier alpha value is -3.01. The first-order valence-corrected chi connectivity index (χ1v) is 11.2. The van der Waals surface area contributed by atoms with Gasteiger partial charge in [-0.25, -0.2) is 13.1 Å². The highest BCUT2D eigenvalue weighted by atomic mass is 35.5. The molecular formula is C21H19ClN2O6S. The second-order valence-electron chi connectivity index (χ2n) is 6.63. The molecule has 8 nitrogen and oxygen atoms in total. The molecule has 0 aliphatic heterocycles. The molecule has 3 aromatic carbocycles. The molecule has 0 aliphatic rings. The first kappa shape index (κ1) is 22.7. The van der Waals surface area contributed by atoms with Gasteiger partial charge in [0.05, 0.1) is 28.9 Å². The highest BCUT2D eigenvalue weighted by Crippen LogP contribution is 2.31. The summed E-state index contributed by atoms with van der Waals surface area (Å²) in [5.74, 6) is -0.636. The van der Waals surface area contributed by atoms with Gasteiger partial charge in [0, 0.05) is 27.9 Å². The quantitative estimate of drug-likeness (QED) is 0.302. The van der Waals surface area contributed by atoms with Crippen LogP contribution >= 0.6 is 11.6 Å². The van der Waals surface area contributed by atoms with Gasteiger partial charge in [-0.05, 0) is 24.6 Å². The third-order valence-electron chi connectivity index (χ3n) is 4.58. The van der Waals surface area contributed by atoms with E-state index in [1.54, 1.807) is 31.2 Å². The third-order valence-corrected chi connectivity index (χ3v) is 6.44. The van der Waals surface area contributed by atoms with Gasteiger partial charge >= 0.3 is 5.97 Å². The van der Waals surface area contributed by atoms with E-state index in [0.717, 1.165) is 0 Å². The van der Waals surface area contributed by atoms with Gasteiger partial charge in [0.15, 0.2) is 0 Å². The molecule has 0 radical (unpaired) electrons. The van der Waals surface area contributed by atoms with Crippen LogP contribution < -0.4 is 4.72 Å². The predicted molar refractivity (Wildman–Crippen MR) is 116 cm³/mol. The standard InChI is InChI=1S/C21H19ClN2O6S/c1-2-30-21(25)13-19(14-6-5-7-15(12-14)24(26)27)23-31(28,29)20-11-10-18(22)16-8-3-4-9-17(16)20/h3-12,19,23H,2,13H2,1H3. The average Bonchev–Trinajstić information content (AvgIpc) is 2.73. The molecule has 1 N–H and O–H groups in total. The molecule has 1 atom stereocenters. The molecule has 0 amide bonds. The van der Waals surface area contributed by atoms with Crippen LogP contribution in [-0.4, -0.2) is 25.9 Å². The van der Waals surface area contributed by atoms with Crippen molar-refractivity contribution in [2.45, 2.75) is 24.3 Å². The summed E-state index contributed by atoms with van der Waals surface area (Å²) < 4.78 is 34.0. The Morgan fingerprint density at radius 2 is 1.84 bits per heavy atom. The Morgan fingerprint density at radius 3 is 2.52 bits per heavy atom. The van der Waals surface area contributed by atoms with Gasteiger partial charge < -0.3 is 4.74 Å². The summed E-state index contributed by atoms with van der Waals surface area (Å²) in [5.41, 5.74) is 0.0478. The molecule has 3 rings (SSSR count). The van der Waals surface area contributed by atoms with Crippen molar-refractivity contribution in [1.29, 1.82) is 0 Å². The molecule has 0 saturated heterocycles. The fraction of sp³-hybridized carbons (Fsp3) is 0.190. The number of halogens is 1. The van der Waals surface area contributed by atoms with Crippen LogP contribution in [0.1, 0.15) is 24.9 Å². The van der Waals surface area contributed by atoms with Crippen molar-refractivity contribution in [3.63, 3.8) is 0 Å². The molecule has 162 valence electrons. The number of fused-ring (bicyclic) bond motifs is 1. The van der Waals surface area contributed by atoms with Crippen molar-refractivity contribution in [2.24, 2.45) is 0 Å². The lowest BCUT2D eigenvalue weighted by atomic mass is 10.0. The van der Waals surface area contributed by atoms with E-state index in [1.807, 2.05) is 0 Å². The first-order chi connectivity index (χ1) is 14.7. The number of carbonyl (C=O) groups is 1. The molecule has 3 aromatic rings. The Balaban J connectivity index is 2.05. The summed E-state index contributed by atoms with van der Waals surface area (Å²) >= 11 is 6.19. The third kappa shape index (κ3) is 5.19. The smallest absolute Gasteiger partial charge is 0.307 e. The van der Waals surface area contributed by atoms with Crippen LogP contribution in [0.2, 0.25) is 5.02 Å². The zero-order chi connectivity index (χ0) is 22.6. The number of hydrogen-bond donors (Lipinski definition) is 1. The number of non-ortho nitro benzene ring substituents is 1. The highest BCUT2D eigenvalue weighted by molar-refractivity contribution is 7.89. The van der Waals surface area contributed by atoms with Gasteiger partial charge in [0.2, 0.25) is 10.0 Å². The molecule has 0 aromatic heterocycles. The Kier molecular flexibility index (Phi) is 6.89. The van der Waals surface area contributed by atoms with E-state index >= 15 is 0 Å². The lowest BCUT2D eigenvalue weighted by molar-refractivity contribution is -0.384. The monoisotopic (exact) mass is 462 g/mol. The zero-order valence-electron chi connectivity index (χ0n) is 16.4. The molecule has 1 unspecified atom stereocenters. The number of hydrogen-bond acceptors (Lipinski definition) is 6. The van der Waals surface area contributed by atoms with Crippen molar-refractivity contribution in [2.75, 3.05) is 6.61 Å². The summed E-state index contributed by atoms with van der Waals surface area (Å²) in [4.78, 5) is 22.7. The van der Waals surface area contributed by atoms with Crippen LogP contribution in [0, 0.1) is 10.1 Å². The Bertz CT molecular complexity index is 1250. The van der Waals surface area contributed by atoms with Crippen molar-refractivity contribution in [3.05, 3.63) is 81.4 Å². The van der Waals surface area contributed by atoms with Gasteiger partial charge in [-0.2, -0.15) is 0 Å². The largest absolute Gasteiger partial charge is 0.466 e. The predicted octanol–water partition coefficient (Wildman–Crippen LogP) is 4.37. The number of nitro groups is 1. The highest BCUT2D eigenvalue weighted by Gasteiger charge is 2.27.